The number of halogens is 5. The molecule has 98 valence electrons. The third-order valence-corrected chi connectivity index (χ3v) is 2.78. The van der Waals surface area contributed by atoms with E-state index in [9.17, 15) is 30.4 Å². The molecule has 0 aliphatic heterocycles. The Balaban J connectivity index is 4.48. The standard InChI is InChI=1S/C7H11F5O3S/c1-2-3-4-15-16(13,14)5-6(8,9)7(10,11)12/h2-5H2,1H3. The van der Waals surface area contributed by atoms with Crippen molar-refractivity contribution < 1.29 is 34.6 Å². The Kier molecular flexibility index (Phi) is 5.12. The molecule has 0 aliphatic carbocycles. The first kappa shape index (κ1) is 15.6. The van der Waals surface area contributed by atoms with Crippen LogP contribution in [0.5, 0.6) is 0 Å². The molecule has 0 fully saturated rings. The summed E-state index contributed by atoms with van der Waals surface area (Å²) < 4.78 is 85.3. The normalized spacial score (nSPS) is 14.1. The minimum atomic E-state index is -5.89. The molecule has 3 nitrogen and oxygen atoms in total. The lowest BCUT2D eigenvalue weighted by atomic mass is 10.4. The minimum absolute atomic E-state index is 0.261. The quantitative estimate of drug-likeness (QED) is 0.422. The molecule has 0 aromatic carbocycles. The van der Waals surface area contributed by atoms with E-state index in [0.29, 0.717) is 6.42 Å². The van der Waals surface area contributed by atoms with Crippen LogP contribution in [0.25, 0.3) is 0 Å². The SMILES string of the molecule is CCCCOS(=O)(=O)CC(F)(F)C(F)(F)F. The molecule has 0 aromatic rings. The predicted octanol–water partition coefficient (Wildman–Crippen LogP) is 2.33. The van der Waals surface area contributed by atoms with Crippen molar-refractivity contribution in [3.8, 4) is 0 Å². The van der Waals surface area contributed by atoms with E-state index in [0.717, 1.165) is 0 Å². The highest BCUT2D eigenvalue weighted by atomic mass is 32.2. The molecule has 0 unspecified atom stereocenters. The molecule has 16 heavy (non-hydrogen) atoms. The summed E-state index contributed by atoms with van der Waals surface area (Å²) in [6.45, 7) is 1.28. The van der Waals surface area contributed by atoms with Crippen molar-refractivity contribution >= 4 is 10.1 Å². The van der Waals surface area contributed by atoms with Gasteiger partial charge in [0.2, 0.25) is 0 Å². The van der Waals surface area contributed by atoms with Crippen LogP contribution in [-0.2, 0) is 14.3 Å². The summed E-state index contributed by atoms with van der Waals surface area (Å²) in [7, 11) is -4.86. The van der Waals surface area contributed by atoms with Crippen LogP contribution in [0.3, 0.4) is 0 Å². The smallest absolute Gasteiger partial charge is 0.270 e. The molecular formula is C7H11F5O3S. The average Bonchev–Trinajstić information content (AvgIpc) is 1.99. The van der Waals surface area contributed by atoms with Crippen molar-refractivity contribution in [2.75, 3.05) is 12.4 Å². The summed E-state index contributed by atoms with van der Waals surface area (Å²) in [5, 5.41) is 0. The van der Waals surface area contributed by atoms with E-state index in [1.54, 1.807) is 6.92 Å². The number of alkyl halides is 5. The number of hydrogen-bond acceptors (Lipinski definition) is 3. The summed E-state index contributed by atoms with van der Waals surface area (Å²) in [6.07, 6.45) is -5.10. The van der Waals surface area contributed by atoms with E-state index in [-0.39, 0.29) is 6.42 Å². The van der Waals surface area contributed by atoms with E-state index >= 15 is 0 Å². The molecular weight excluding hydrogens is 259 g/mol. The molecule has 0 aromatic heterocycles. The van der Waals surface area contributed by atoms with Gasteiger partial charge in [-0.25, -0.2) is 0 Å². The van der Waals surface area contributed by atoms with Crippen molar-refractivity contribution in [1.29, 1.82) is 0 Å². The Morgan fingerprint density at radius 1 is 1.12 bits per heavy atom. The summed E-state index contributed by atoms with van der Waals surface area (Å²) in [5.74, 6) is -7.68. The highest BCUT2D eigenvalue weighted by Crippen LogP contribution is 2.36. The largest absolute Gasteiger partial charge is 0.454 e. The molecule has 0 spiro atoms. The Hall–Kier alpha value is -0.440. The van der Waals surface area contributed by atoms with E-state index in [1.807, 2.05) is 0 Å². The second-order valence-corrected chi connectivity index (χ2v) is 4.72. The van der Waals surface area contributed by atoms with Gasteiger partial charge in [0.1, 0.15) is 5.75 Å². The highest BCUT2D eigenvalue weighted by Gasteiger charge is 2.59. The van der Waals surface area contributed by atoms with Crippen molar-refractivity contribution in [3.63, 3.8) is 0 Å². The molecule has 0 rings (SSSR count). The zero-order chi connectivity index (χ0) is 13.0. The van der Waals surface area contributed by atoms with Crippen molar-refractivity contribution in [2.45, 2.75) is 31.9 Å². The molecule has 0 saturated heterocycles. The van der Waals surface area contributed by atoms with E-state index in [4.69, 9.17) is 0 Å². The maximum atomic E-state index is 12.4. The van der Waals surface area contributed by atoms with Crippen LogP contribution in [0.15, 0.2) is 0 Å². The van der Waals surface area contributed by atoms with Crippen LogP contribution in [0.2, 0.25) is 0 Å². The number of hydrogen-bond donors (Lipinski definition) is 0. The number of unbranched alkanes of at least 4 members (excludes halogenated alkanes) is 1. The van der Waals surface area contributed by atoms with Crippen LogP contribution < -0.4 is 0 Å². The molecule has 0 atom stereocenters. The summed E-state index contributed by atoms with van der Waals surface area (Å²) in [4.78, 5) is 0. The van der Waals surface area contributed by atoms with Crippen LogP contribution >= 0.6 is 0 Å². The summed E-state index contributed by atoms with van der Waals surface area (Å²) in [5.41, 5.74) is 0. The lowest BCUT2D eigenvalue weighted by Gasteiger charge is -2.18. The van der Waals surface area contributed by atoms with E-state index < -0.39 is 34.6 Å². The highest BCUT2D eigenvalue weighted by molar-refractivity contribution is 7.86. The Morgan fingerprint density at radius 3 is 2.00 bits per heavy atom. The zero-order valence-electron chi connectivity index (χ0n) is 8.35. The van der Waals surface area contributed by atoms with Gasteiger partial charge in [-0.05, 0) is 6.42 Å². The third kappa shape index (κ3) is 5.06. The van der Waals surface area contributed by atoms with Gasteiger partial charge in [0.05, 0.1) is 6.61 Å². The molecule has 0 amide bonds. The van der Waals surface area contributed by atoms with Crippen LogP contribution in [0.4, 0.5) is 22.0 Å². The first-order chi connectivity index (χ1) is 7.02. The second-order valence-electron chi connectivity index (χ2n) is 3.08. The molecule has 9 heteroatoms. The van der Waals surface area contributed by atoms with Gasteiger partial charge in [-0.2, -0.15) is 30.4 Å². The summed E-state index contributed by atoms with van der Waals surface area (Å²) >= 11 is 0. The van der Waals surface area contributed by atoms with E-state index in [1.165, 1.54) is 0 Å². The topological polar surface area (TPSA) is 43.4 Å². The van der Waals surface area contributed by atoms with Crippen molar-refractivity contribution in [1.82, 2.24) is 0 Å². The number of rotatable bonds is 6. The maximum Gasteiger partial charge on any atom is 0.454 e. The van der Waals surface area contributed by atoms with Gasteiger partial charge in [0.15, 0.2) is 0 Å². The van der Waals surface area contributed by atoms with Crippen molar-refractivity contribution in [3.05, 3.63) is 0 Å². The molecule has 0 N–H and O–H groups in total. The van der Waals surface area contributed by atoms with Gasteiger partial charge < -0.3 is 0 Å². The lowest BCUT2D eigenvalue weighted by Crippen LogP contribution is -2.43. The minimum Gasteiger partial charge on any atom is -0.270 e. The Morgan fingerprint density at radius 2 is 1.62 bits per heavy atom. The first-order valence-electron chi connectivity index (χ1n) is 4.33. The molecule has 0 bridgehead atoms. The van der Waals surface area contributed by atoms with Gasteiger partial charge in [0, 0.05) is 0 Å². The van der Waals surface area contributed by atoms with Gasteiger partial charge in [-0.15, -0.1) is 0 Å². The van der Waals surface area contributed by atoms with Crippen LogP contribution in [0.1, 0.15) is 19.8 Å². The van der Waals surface area contributed by atoms with E-state index in [2.05, 4.69) is 4.18 Å². The lowest BCUT2D eigenvalue weighted by molar-refractivity contribution is -0.271. The monoisotopic (exact) mass is 270 g/mol. The Bertz CT molecular complexity index is 308. The third-order valence-electron chi connectivity index (χ3n) is 1.53. The molecule has 0 saturated carbocycles. The fourth-order valence-electron chi connectivity index (χ4n) is 0.676. The van der Waals surface area contributed by atoms with Crippen LogP contribution in [0, 0.1) is 0 Å². The second kappa shape index (κ2) is 5.26. The van der Waals surface area contributed by atoms with Gasteiger partial charge in [-0.3, -0.25) is 4.18 Å². The molecule has 0 aliphatic rings. The fraction of sp³-hybridized carbons (Fsp3) is 1.00. The Labute approximate surface area is 89.7 Å². The zero-order valence-corrected chi connectivity index (χ0v) is 9.17. The van der Waals surface area contributed by atoms with Crippen LogP contribution in [-0.4, -0.2) is 32.9 Å². The van der Waals surface area contributed by atoms with Gasteiger partial charge >= 0.3 is 12.1 Å². The molecule has 0 radical (unpaired) electrons. The fourth-order valence-corrected chi connectivity index (χ4v) is 1.74. The van der Waals surface area contributed by atoms with Gasteiger partial charge in [0.25, 0.3) is 10.1 Å². The summed E-state index contributed by atoms with van der Waals surface area (Å²) in [6, 6.07) is 0. The predicted molar refractivity (Wildman–Crippen MR) is 45.6 cm³/mol. The molecule has 0 heterocycles. The van der Waals surface area contributed by atoms with Gasteiger partial charge in [-0.1, -0.05) is 13.3 Å². The first-order valence-corrected chi connectivity index (χ1v) is 5.91. The maximum absolute atomic E-state index is 12.4. The average molecular weight is 270 g/mol. The van der Waals surface area contributed by atoms with Crippen molar-refractivity contribution in [2.24, 2.45) is 0 Å².